The predicted octanol–water partition coefficient (Wildman–Crippen LogP) is 2.92. The molecule has 1 aromatic carbocycles. The number of nitrogens with one attached hydrogen (secondary N) is 2. The molecule has 1 aromatic rings. The normalized spacial score (nSPS) is 26.2. The van der Waals surface area contributed by atoms with Crippen LogP contribution >= 0.6 is 0 Å². The average Bonchev–Trinajstić information content (AvgIpc) is 2.84. The molecule has 2 saturated heterocycles. The monoisotopic (exact) mass is 342 g/mol. The van der Waals surface area contributed by atoms with Gasteiger partial charge in [-0.1, -0.05) is 12.1 Å². The highest BCUT2D eigenvalue weighted by Gasteiger charge is 2.34. The second-order valence-corrected chi connectivity index (χ2v) is 6.57. The maximum atomic E-state index is 12.1. The number of rotatable bonds is 5. The van der Waals surface area contributed by atoms with E-state index in [1.807, 2.05) is 0 Å². The maximum absolute atomic E-state index is 12.1. The Morgan fingerprint density at radius 1 is 1.17 bits per heavy atom. The van der Waals surface area contributed by atoms with Gasteiger partial charge < -0.3 is 15.4 Å². The number of piperidine rings is 1. The van der Waals surface area contributed by atoms with Gasteiger partial charge in [-0.15, -0.1) is 13.2 Å². The van der Waals surface area contributed by atoms with Gasteiger partial charge in [0.05, 0.1) is 0 Å². The molecule has 2 aliphatic heterocycles. The molecule has 2 fully saturated rings. The van der Waals surface area contributed by atoms with Crippen molar-refractivity contribution in [3.63, 3.8) is 0 Å². The number of aryl methyl sites for hydroxylation is 1. The van der Waals surface area contributed by atoms with Gasteiger partial charge >= 0.3 is 6.36 Å². The van der Waals surface area contributed by atoms with Gasteiger partial charge in [-0.2, -0.15) is 0 Å². The summed E-state index contributed by atoms with van der Waals surface area (Å²) >= 11 is 0. The van der Waals surface area contributed by atoms with E-state index in [0.717, 1.165) is 18.4 Å². The van der Waals surface area contributed by atoms with Crippen molar-refractivity contribution in [2.24, 2.45) is 0 Å². The lowest BCUT2D eigenvalue weighted by molar-refractivity contribution is -0.274. The molecule has 132 valence electrons. The predicted molar refractivity (Wildman–Crippen MR) is 82.6 cm³/mol. The number of amides is 1. The molecule has 3 rings (SSSR count). The Morgan fingerprint density at radius 3 is 2.38 bits per heavy atom. The molecule has 1 amide bonds. The topological polar surface area (TPSA) is 50.4 Å². The Labute approximate surface area is 138 Å². The third-order valence-corrected chi connectivity index (χ3v) is 4.64. The summed E-state index contributed by atoms with van der Waals surface area (Å²) in [4.78, 5) is 12.1. The minimum atomic E-state index is -4.68. The van der Waals surface area contributed by atoms with Crippen LogP contribution in [0.3, 0.4) is 0 Å². The SMILES string of the molecule is O=C(CCc1ccc(OC(F)(F)F)cc1)NC1CC2CCC(C1)N2. The van der Waals surface area contributed by atoms with Crippen LogP contribution in [0, 0.1) is 0 Å². The molecular weight excluding hydrogens is 321 g/mol. The molecule has 0 spiro atoms. The van der Waals surface area contributed by atoms with Gasteiger partial charge in [0.25, 0.3) is 0 Å². The Kier molecular flexibility index (Phi) is 4.99. The molecule has 0 saturated carbocycles. The average molecular weight is 342 g/mol. The van der Waals surface area contributed by atoms with Gasteiger partial charge in [0.1, 0.15) is 5.75 Å². The number of carbonyl (C=O) groups excluding carboxylic acids is 1. The Hall–Kier alpha value is -1.76. The molecule has 0 radical (unpaired) electrons. The molecule has 2 atom stereocenters. The highest BCUT2D eigenvalue weighted by molar-refractivity contribution is 5.76. The summed E-state index contributed by atoms with van der Waals surface area (Å²) in [5.41, 5.74) is 0.810. The van der Waals surface area contributed by atoms with Crippen molar-refractivity contribution in [1.82, 2.24) is 10.6 Å². The smallest absolute Gasteiger partial charge is 0.406 e. The van der Waals surface area contributed by atoms with Crippen molar-refractivity contribution in [2.75, 3.05) is 0 Å². The van der Waals surface area contributed by atoms with E-state index in [1.54, 1.807) is 12.1 Å². The van der Waals surface area contributed by atoms with Crippen LogP contribution in [-0.2, 0) is 11.2 Å². The van der Waals surface area contributed by atoms with E-state index in [2.05, 4.69) is 15.4 Å². The zero-order valence-electron chi connectivity index (χ0n) is 13.2. The third-order valence-electron chi connectivity index (χ3n) is 4.64. The Balaban J connectivity index is 1.43. The number of hydrogen-bond donors (Lipinski definition) is 2. The lowest BCUT2D eigenvalue weighted by atomic mass is 9.99. The molecule has 2 unspecified atom stereocenters. The fourth-order valence-corrected chi connectivity index (χ4v) is 3.59. The summed E-state index contributed by atoms with van der Waals surface area (Å²) in [6.45, 7) is 0. The lowest BCUT2D eigenvalue weighted by Gasteiger charge is -2.29. The number of alkyl halides is 3. The van der Waals surface area contributed by atoms with Crippen molar-refractivity contribution >= 4 is 5.91 Å². The number of ether oxygens (including phenoxy) is 1. The summed E-state index contributed by atoms with van der Waals surface area (Å²) in [7, 11) is 0. The molecule has 0 aliphatic carbocycles. The first-order valence-electron chi connectivity index (χ1n) is 8.27. The van der Waals surface area contributed by atoms with E-state index in [4.69, 9.17) is 0 Å². The van der Waals surface area contributed by atoms with E-state index in [0.29, 0.717) is 24.9 Å². The molecule has 0 aromatic heterocycles. The molecule has 4 nitrogen and oxygen atoms in total. The third kappa shape index (κ3) is 4.87. The van der Waals surface area contributed by atoms with E-state index in [1.165, 1.54) is 25.0 Å². The fraction of sp³-hybridized carbons (Fsp3) is 0.588. The Bertz CT molecular complexity index is 562. The minimum absolute atomic E-state index is 0.00285. The van der Waals surface area contributed by atoms with Crippen LogP contribution in [0.2, 0.25) is 0 Å². The molecule has 2 bridgehead atoms. The minimum Gasteiger partial charge on any atom is -0.406 e. The molecule has 7 heteroatoms. The molecule has 2 heterocycles. The summed E-state index contributed by atoms with van der Waals surface area (Å²) in [6.07, 6.45) is 0.467. The first-order chi connectivity index (χ1) is 11.4. The summed E-state index contributed by atoms with van der Waals surface area (Å²) in [6, 6.07) is 6.93. The van der Waals surface area contributed by atoms with E-state index in [9.17, 15) is 18.0 Å². The van der Waals surface area contributed by atoms with Crippen LogP contribution in [0.1, 0.15) is 37.7 Å². The van der Waals surface area contributed by atoms with Gasteiger partial charge in [-0.25, -0.2) is 0 Å². The van der Waals surface area contributed by atoms with Gasteiger partial charge in [-0.05, 0) is 49.8 Å². The second-order valence-electron chi connectivity index (χ2n) is 6.57. The van der Waals surface area contributed by atoms with E-state index >= 15 is 0 Å². The van der Waals surface area contributed by atoms with Crippen LogP contribution < -0.4 is 15.4 Å². The van der Waals surface area contributed by atoms with Crippen LogP contribution in [-0.4, -0.2) is 30.4 Å². The van der Waals surface area contributed by atoms with Crippen molar-refractivity contribution in [2.45, 2.75) is 63.0 Å². The molecular formula is C17H21F3N2O2. The number of hydrogen-bond acceptors (Lipinski definition) is 3. The zero-order valence-corrected chi connectivity index (χ0v) is 13.2. The second kappa shape index (κ2) is 7.01. The zero-order chi connectivity index (χ0) is 17.2. The number of benzene rings is 1. The molecule has 2 aliphatic rings. The maximum Gasteiger partial charge on any atom is 0.573 e. The van der Waals surface area contributed by atoms with Crippen molar-refractivity contribution in [3.8, 4) is 5.75 Å². The van der Waals surface area contributed by atoms with Crippen molar-refractivity contribution in [1.29, 1.82) is 0 Å². The quantitative estimate of drug-likeness (QED) is 0.865. The summed E-state index contributed by atoms with van der Waals surface area (Å²) in [5.74, 6) is -0.252. The van der Waals surface area contributed by atoms with Crippen molar-refractivity contribution < 1.29 is 22.7 Å². The van der Waals surface area contributed by atoms with Gasteiger partial charge in [0.2, 0.25) is 5.91 Å². The Morgan fingerprint density at radius 2 is 1.79 bits per heavy atom. The highest BCUT2D eigenvalue weighted by Crippen LogP contribution is 2.27. The largest absolute Gasteiger partial charge is 0.573 e. The van der Waals surface area contributed by atoms with Crippen LogP contribution in [0.4, 0.5) is 13.2 Å². The standard InChI is InChI=1S/C17H21F3N2O2/c18-17(19,20)24-15-6-1-11(2-7-15)3-8-16(23)22-14-9-12-4-5-13(10-14)21-12/h1-2,6-7,12-14,21H,3-5,8-10H2,(H,22,23). The number of halogens is 3. The lowest BCUT2D eigenvalue weighted by Crippen LogP contribution is -2.48. The fourth-order valence-electron chi connectivity index (χ4n) is 3.59. The first kappa shape index (κ1) is 17.1. The number of carbonyl (C=O) groups is 1. The summed E-state index contributed by atoms with van der Waals surface area (Å²) in [5, 5.41) is 6.61. The van der Waals surface area contributed by atoms with Crippen molar-refractivity contribution in [3.05, 3.63) is 29.8 Å². The molecule has 24 heavy (non-hydrogen) atoms. The summed E-state index contributed by atoms with van der Waals surface area (Å²) < 4.78 is 40.1. The van der Waals surface area contributed by atoms with Crippen LogP contribution in [0.15, 0.2) is 24.3 Å². The van der Waals surface area contributed by atoms with Crippen LogP contribution in [0.25, 0.3) is 0 Å². The van der Waals surface area contributed by atoms with Gasteiger partial charge in [0.15, 0.2) is 0 Å². The molecule has 2 N–H and O–H groups in total. The number of fused-ring (bicyclic) bond motifs is 2. The first-order valence-corrected chi connectivity index (χ1v) is 8.27. The highest BCUT2D eigenvalue weighted by atomic mass is 19.4. The van der Waals surface area contributed by atoms with E-state index < -0.39 is 6.36 Å². The van der Waals surface area contributed by atoms with E-state index in [-0.39, 0.29) is 17.7 Å². The van der Waals surface area contributed by atoms with Gasteiger partial charge in [-0.3, -0.25) is 4.79 Å². The van der Waals surface area contributed by atoms with Crippen LogP contribution in [0.5, 0.6) is 5.75 Å². The van der Waals surface area contributed by atoms with Gasteiger partial charge in [0, 0.05) is 24.5 Å².